The van der Waals surface area contributed by atoms with Crippen LogP contribution in [0.4, 0.5) is 4.39 Å². The minimum Gasteiger partial charge on any atom is -0.467 e. The van der Waals surface area contributed by atoms with Crippen LogP contribution >= 0.6 is 0 Å². The summed E-state index contributed by atoms with van der Waals surface area (Å²) in [5, 5.41) is 8.86. The molecular weight excluding hydrogens is 245 g/mol. The van der Waals surface area contributed by atoms with Crippen LogP contribution in [-0.4, -0.2) is 13.9 Å². The Hall–Kier alpha value is -2.38. The quantitative estimate of drug-likeness (QED) is 0.789. The van der Waals surface area contributed by atoms with Gasteiger partial charge in [-0.1, -0.05) is 30.3 Å². The summed E-state index contributed by atoms with van der Waals surface area (Å²) in [6.45, 7) is 0.0799. The molecule has 3 nitrogen and oxygen atoms in total. The van der Waals surface area contributed by atoms with Crippen LogP contribution in [0, 0.1) is 17.1 Å². The van der Waals surface area contributed by atoms with E-state index in [9.17, 15) is 4.39 Å². The maximum absolute atomic E-state index is 14.2. The third kappa shape index (κ3) is 2.72. The van der Waals surface area contributed by atoms with Gasteiger partial charge in [0, 0.05) is 18.2 Å². The number of hydrogen-bond donors (Lipinski definition) is 0. The van der Waals surface area contributed by atoms with Gasteiger partial charge in [0.2, 0.25) is 0 Å². The van der Waals surface area contributed by atoms with Gasteiger partial charge in [0.1, 0.15) is 17.6 Å². The summed E-state index contributed by atoms with van der Waals surface area (Å²) in [5.74, 6) is -0.0307. The Kier molecular flexibility index (Phi) is 4.11. The van der Waals surface area contributed by atoms with Crippen molar-refractivity contribution in [1.82, 2.24) is 0 Å². The van der Waals surface area contributed by atoms with E-state index in [2.05, 4.69) is 0 Å². The molecule has 19 heavy (non-hydrogen) atoms. The van der Waals surface area contributed by atoms with E-state index >= 15 is 0 Å². The molecule has 0 N–H and O–H groups in total. The monoisotopic (exact) mass is 257 g/mol. The Morgan fingerprint density at radius 2 is 1.84 bits per heavy atom. The zero-order valence-electron chi connectivity index (χ0n) is 10.4. The molecule has 0 heterocycles. The van der Waals surface area contributed by atoms with Crippen LogP contribution in [0.15, 0.2) is 42.5 Å². The van der Waals surface area contributed by atoms with Crippen LogP contribution in [0.2, 0.25) is 0 Å². The number of methoxy groups -OCH3 is 1. The summed E-state index contributed by atoms with van der Waals surface area (Å²) in [6.07, 6.45) is 0. The van der Waals surface area contributed by atoms with Crippen LogP contribution in [0.3, 0.4) is 0 Å². The van der Waals surface area contributed by atoms with E-state index in [1.54, 1.807) is 36.4 Å². The summed E-state index contributed by atoms with van der Waals surface area (Å²) in [6, 6.07) is 13.6. The molecule has 0 unspecified atom stereocenters. The standard InChI is InChI=1S/C15H12FNO2/c1-18-10-19-14-8-3-2-6-12(14)13-7-4-5-11(9-17)15(13)16/h2-8H,10H2,1H3. The number of ether oxygens (including phenoxy) is 2. The molecule has 0 amide bonds. The van der Waals surface area contributed by atoms with Gasteiger partial charge >= 0.3 is 0 Å². The number of halogens is 1. The molecule has 0 saturated heterocycles. The van der Waals surface area contributed by atoms with Gasteiger partial charge in [0.25, 0.3) is 0 Å². The Balaban J connectivity index is 2.50. The molecule has 0 aliphatic heterocycles. The van der Waals surface area contributed by atoms with Crippen LogP contribution < -0.4 is 4.74 Å². The SMILES string of the molecule is COCOc1ccccc1-c1cccc(C#N)c1F. The van der Waals surface area contributed by atoms with E-state index in [-0.39, 0.29) is 12.4 Å². The van der Waals surface area contributed by atoms with E-state index in [0.717, 1.165) is 0 Å². The number of rotatable bonds is 4. The molecule has 2 rings (SSSR count). The average molecular weight is 257 g/mol. The lowest BCUT2D eigenvalue weighted by atomic mass is 10.0. The second-order valence-electron chi connectivity index (χ2n) is 3.83. The normalized spacial score (nSPS) is 9.95. The Morgan fingerprint density at radius 3 is 2.58 bits per heavy atom. The van der Waals surface area contributed by atoms with Gasteiger partial charge in [0.15, 0.2) is 6.79 Å². The minimum atomic E-state index is -0.543. The smallest absolute Gasteiger partial charge is 0.188 e. The van der Waals surface area contributed by atoms with Crippen LogP contribution in [-0.2, 0) is 4.74 Å². The van der Waals surface area contributed by atoms with Crippen molar-refractivity contribution in [2.75, 3.05) is 13.9 Å². The van der Waals surface area contributed by atoms with E-state index in [1.165, 1.54) is 13.2 Å². The lowest BCUT2D eigenvalue weighted by molar-refractivity contribution is 0.0515. The number of benzene rings is 2. The first-order valence-corrected chi connectivity index (χ1v) is 5.67. The van der Waals surface area contributed by atoms with Crippen molar-refractivity contribution < 1.29 is 13.9 Å². The lowest BCUT2D eigenvalue weighted by Crippen LogP contribution is -2.00. The molecule has 0 aliphatic rings. The molecule has 2 aromatic carbocycles. The van der Waals surface area contributed by atoms with Gasteiger partial charge < -0.3 is 9.47 Å². The summed E-state index contributed by atoms with van der Waals surface area (Å²) in [4.78, 5) is 0. The summed E-state index contributed by atoms with van der Waals surface area (Å²) in [7, 11) is 1.51. The summed E-state index contributed by atoms with van der Waals surface area (Å²) in [5.41, 5.74) is 0.943. The second kappa shape index (κ2) is 5.98. The molecule has 0 aromatic heterocycles. The maximum Gasteiger partial charge on any atom is 0.188 e. The molecule has 0 spiro atoms. The van der Waals surface area contributed by atoms with E-state index in [4.69, 9.17) is 14.7 Å². The van der Waals surface area contributed by atoms with E-state index < -0.39 is 5.82 Å². The highest BCUT2D eigenvalue weighted by molar-refractivity contribution is 5.72. The molecule has 0 radical (unpaired) electrons. The second-order valence-corrected chi connectivity index (χ2v) is 3.83. The van der Waals surface area contributed by atoms with Crippen molar-refractivity contribution in [3.05, 3.63) is 53.8 Å². The fourth-order valence-corrected chi connectivity index (χ4v) is 1.76. The van der Waals surface area contributed by atoms with Crippen LogP contribution in [0.1, 0.15) is 5.56 Å². The van der Waals surface area contributed by atoms with Crippen molar-refractivity contribution in [2.45, 2.75) is 0 Å². The Morgan fingerprint density at radius 1 is 1.11 bits per heavy atom. The first-order chi connectivity index (χ1) is 9.27. The number of nitrogens with zero attached hydrogens (tertiary/aromatic N) is 1. The highest BCUT2D eigenvalue weighted by Crippen LogP contribution is 2.32. The highest BCUT2D eigenvalue weighted by atomic mass is 19.1. The van der Waals surface area contributed by atoms with Gasteiger partial charge in [0.05, 0.1) is 5.56 Å². The number of nitriles is 1. The Labute approximate surface area is 110 Å². The number of hydrogen-bond acceptors (Lipinski definition) is 3. The largest absolute Gasteiger partial charge is 0.467 e. The zero-order valence-corrected chi connectivity index (χ0v) is 10.4. The van der Waals surface area contributed by atoms with Crippen molar-refractivity contribution in [3.63, 3.8) is 0 Å². The third-order valence-electron chi connectivity index (χ3n) is 2.63. The van der Waals surface area contributed by atoms with Gasteiger partial charge in [-0.05, 0) is 12.1 Å². The first-order valence-electron chi connectivity index (χ1n) is 5.67. The molecular formula is C15H12FNO2. The lowest BCUT2D eigenvalue weighted by Gasteiger charge is -2.11. The minimum absolute atomic E-state index is 0.0130. The molecule has 0 atom stereocenters. The topological polar surface area (TPSA) is 42.2 Å². The molecule has 0 fully saturated rings. The van der Waals surface area contributed by atoms with Crippen molar-refractivity contribution in [2.24, 2.45) is 0 Å². The molecule has 0 saturated carbocycles. The summed E-state index contributed by atoms with van der Waals surface area (Å²) >= 11 is 0. The highest BCUT2D eigenvalue weighted by Gasteiger charge is 2.13. The molecule has 96 valence electrons. The first kappa shape index (κ1) is 13.1. The van der Waals surface area contributed by atoms with Crippen LogP contribution in [0.25, 0.3) is 11.1 Å². The van der Waals surface area contributed by atoms with E-state index in [1.807, 2.05) is 6.07 Å². The predicted octanol–water partition coefficient (Wildman–Crippen LogP) is 3.35. The fraction of sp³-hybridized carbons (Fsp3) is 0.133. The third-order valence-corrected chi connectivity index (χ3v) is 2.63. The zero-order chi connectivity index (χ0) is 13.7. The predicted molar refractivity (Wildman–Crippen MR) is 69.1 cm³/mol. The number of para-hydroxylation sites is 1. The maximum atomic E-state index is 14.2. The van der Waals surface area contributed by atoms with Crippen molar-refractivity contribution in [3.8, 4) is 22.9 Å². The molecule has 0 aliphatic carbocycles. The van der Waals surface area contributed by atoms with Gasteiger partial charge in [-0.2, -0.15) is 5.26 Å². The van der Waals surface area contributed by atoms with Crippen molar-refractivity contribution in [1.29, 1.82) is 5.26 Å². The summed E-state index contributed by atoms with van der Waals surface area (Å²) < 4.78 is 24.4. The van der Waals surface area contributed by atoms with E-state index in [0.29, 0.717) is 16.9 Å². The van der Waals surface area contributed by atoms with Gasteiger partial charge in [-0.25, -0.2) is 4.39 Å². The van der Waals surface area contributed by atoms with Gasteiger partial charge in [-0.15, -0.1) is 0 Å². The Bertz CT molecular complexity index is 620. The van der Waals surface area contributed by atoms with Gasteiger partial charge in [-0.3, -0.25) is 0 Å². The van der Waals surface area contributed by atoms with Crippen LogP contribution in [0.5, 0.6) is 5.75 Å². The molecule has 0 bridgehead atoms. The molecule has 4 heteroatoms. The van der Waals surface area contributed by atoms with Crippen molar-refractivity contribution >= 4 is 0 Å². The molecule has 2 aromatic rings. The average Bonchev–Trinajstić information content (AvgIpc) is 2.46. The fourth-order valence-electron chi connectivity index (χ4n) is 1.76.